The quantitative estimate of drug-likeness (QED) is 0.690. The minimum atomic E-state index is -0.759. The number of hydrogen-bond donors (Lipinski definition) is 1. The first-order valence-corrected chi connectivity index (χ1v) is 5.13. The molecule has 0 aromatic carbocycles. The van der Waals surface area contributed by atoms with E-state index in [0.29, 0.717) is 25.9 Å². The normalized spacial score (nSPS) is 26.9. The van der Waals surface area contributed by atoms with E-state index in [0.717, 1.165) is 6.42 Å². The maximum atomic E-state index is 11.7. The summed E-state index contributed by atoms with van der Waals surface area (Å²) in [6.07, 6.45) is 2.56. The second kappa shape index (κ2) is 4.44. The summed E-state index contributed by atoms with van der Waals surface area (Å²) < 4.78 is 4.97. The van der Waals surface area contributed by atoms with Crippen LogP contribution in [0.5, 0.6) is 0 Å². The van der Waals surface area contributed by atoms with E-state index in [4.69, 9.17) is 4.74 Å². The standard InChI is InChI=1S/C10H17NO3/c1-3-10(9(13)14-4-2)7-5-6-8(12)11-10/h3-7H2,1-2H3,(H,11,12)/t10-/m1/s1. The Labute approximate surface area is 84.0 Å². The van der Waals surface area contributed by atoms with E-state index >= 15 is 0 Å². The third-order valence-electron chi connectivity index (χ3n) is 2.66. The molecule has 1 rings (SSSR count). The first-order chi connectivity index (χ1) is 6.64. The highest BCUT2D eigenvalue weighted by Gasteiger charge is 2.41. The molecule has 1 atom stereocenters. The number of rotatable bonds is 3. The minimum absolute atomic E-state index is 0.0499. The Balaban J connectivity index is 2.73. The van der Waals surface area contributed by atoms with Gasteiger partial charge >= 0.3 is 5.97 Å². The molecule has 0 unspecified atom stereocenters. The molecule has 0 bridgehead atoms. The molecule has 14 heavy (non-hydrogen) atoms. The van der Waals surface area contributed by atoms with Crippen LogP contribution in [0.2, 0.25) is 0 Å². The Hall–Kier alpha value is -1.06. The molecule has 0 aromatic heterocycles. The van der Waals surface area contributed by atoms with Crippen LogP contribution < -0.4 is 5.32 Å². The van der Waals surface area contributed by atoms with E-state index in [1.54, 1.807) is 6.92 Å². The lowest BCUT2D eigenvalue weighted by atomic mass is 9.86. The van der Waals surface area contributed by atoms with Crippen molar-refractivity contribution in [1.29, 1.82) is 0 Å². The van der Waals surface area contributed by atoms with Crippen LogP contribution in [-0.4, -0.2) is 24.0 Å². The van der Waals surface area contributed by atoms with E-state index in [1.807, 2.05) is 6.92 Å². The molecule has 0 spiro atoms. The summed E-state index contributed by atoms with van der Waals surface area (Å²) in [5.41, 5.74) is -0.759. The van der Waals surface area contributed by atoms with Gasteiger partial charge in [0.2, 0.25) is 5.91 Å². The Bertz CT molecular complexity index is 240. The molecule has 1 N–H and O–H groups in total. The first-order valence-electron chi connectivity index (χ1n) is 5.13. The summed E-state index contributed by atoms with van der Waals surface area (Å²) in [5.74, 6) is -0.346. The van der Waals surface area contributed by atoms with Crippen molar-refractivity contribution in [3.05, 3.63) is 0 Å². The monoisotopic (exact) mass is 199 g/mol. The number of carbonyl (C=O) groups is 2. The van der Waals surface area contributed by atoms with Crippen molar-refractivity contribution in [2.75, 3.05) is 6.61 Å². The lowest BCUT2D eigenvalue weighted by Crippen LogP contribution is -2.57. The number of ether oxygens (including phenoxy) is 1. The highest BCUT2D eigenvalue weighted by Crippen LogP contribution is 2.24. The molecular formula is C10H17NO3. The predicted octanol–water partition coefficient (Wildman–Crippen LogP) is 0.998. The maximum absolute atomic E-state index is 11.7. The maximum Gasteiger partial charge on any atom is 0.331 e. The van der Waals surface area contributed by atoms with E-state index in [9.17, 15) is 9.59 Å². The number of piperidine rings is 1. The van der Waals surface area contributed by atoms with Gasteiger partial charge in [-0.05, 0) is 26.2 Å². The van der Waals surface area contributed by atoms with Crippen molar-refractivity contribution >= 4 is 11.9 Å². The van der Waals surface area contributed by atoms with E-state index in [2.05, 4.69) is 5.32 Å². The van der Waals surface area contributed by atoms with E-state index < -0.39 is 5.54 Å². The van der Waals surface area contributed by atoms with Crippen LogP contribution >= 0.6 is 0 Å². The fourth-order valence-corrected chi connectivity index (χ4v) is 1.77. The van der Waals surface area contributed by atoms with Crippen molar-refractivity contribution in [1.82, 2.24) is 5.32 Å². The molecule has 1 amide bonds. The minimum Gasteiger partial charge on any atom is -0.464 e. The smallest absolute Gasteiger partial charge is 0.331 e. The van der Waals surface area contributed by atoms with Gasteiger partial charge in [0, 0.05) is 6.42 Å². The van der Waals surface area contributed by atoms with Crippen molar-refractivity contribution in [3.63, 3.8) is 0 Å². The second-order valence-corrected chi connectivity index (χ2v) is 3.56. The zero-order valence-electron chi connectivity index (χ0n) is 8.76. The third-order valence-corrected chi connectivity index (χ3v) is 2.66. The Morgan fingerprint density at radius 3 is 2.79 bits per heavy atom. The van der Waals surface area contributed by atoms with Gasteiger partial charge in [0.05, 0.1) is 6.61 Å². The van der Waals surface area contributed by atoms with E-state index in [-0.39, 0.29) is 11.9 Å². The second-order valence-electron chi connectivity index (χ2n) is 3.56. The molecule has 4 heteroatoms. The molecule has 80 valence electrons. The highest BCUT2D eigenvalue weighted by molar-refractivity contribution is 5.89. The molecule has 1 aliphatic heterocycles. The zero-order chi connectivity index (χ0) is 10.6. The van der Waals surface area contributed by atoms with Gasteiger partial charge in [-0.15, -0.1) is 0 Å². The molecule has 4 nitrogen and oxygen atoms in total. The van der Waals surface area contributed by atoms with Crippen molar-refractivity contribution < 1.29 is 14.3 Å². The topological polar surface area (TPSA) is 55.4 Å². The molecule has 0 aliphatic carbocycles. The summed E-state index contributed by atoms with van der Waals surface area (Å²) in [6, 6.07) is 0. The largest absolute Gasteiger partial charge is 0.464 e. The average Bonchev–Trinajstić information content (AvgIpc) is 2.18. The predicted molar refractivity (Wildman–Crippen MR) is 51.6 cm³/mol. The lowest BCUT2D eigenvalue weighted by molar-refractivity contribution is -0.155. The van der Waals surface area contributed by atoms with Crippen LogP contribution in [0.15, 0.2) is 0 Å². The first kappa shape index (κ1) is 11.0. The van der Waals surface area contributed by atoms with Crippen molar-refractivity contribution in [2.24, 2.45) is 0 Å². The fourth-order valence-electron chi connectivity index (χ4n) is 1.77. The molecule has 0 radical (unpaired) electrons. The van der Waals surface area contributed by atoms with Gasteiger partial charge in [0.1, 0.15) is 5.54 Å². The number of esters is 1. The third kappa shape index (κ3) is 2.05. The van der Waals surface area contributed by atoms with Crippen LogP contribution in [-0.2, 0) is 14.3 Å². The van der Waals surface area contributed by atoms with Gasteiger partial charge in [-0.2, -0.15) is 0 Å². The zero-order valence-corrected chi connectivity index (χ0v) is 8.76. The molecule has 0 saturated carbocycles. The molecule has 1 aliphatic rings. The van der Waals surface area contributed by atoms with Crippen molar-refractivity contribution in [3.8, 4) is 0 Å². The Morgan fingerprint density at radius 1 is 1.57 bits per heavy atom. The average molecular weight is 199 g/mol. The molecule has 0 aromatic rings. The van der Waals surface area contributed by atoms with Gasteiger partial charge in [-0.25, -0.2) is 4.79 Å². The van der Waals surface area contributed by atoms with Gasteiger partial charge in [-0.1, -0.05) is 6.92 Å². The SMILES string of the molecule is CCOC(=O)[C@@]1(CC)CCCC(=O)N1. The van der Waals surface area contributed by atoms with Crippen LogP contribution in [0.25, 0.3) is 0 Å². The Kier molecular flexibility index (Phi) is 3.49. The molecule has 1 heterocycles. The van der Waals surface area contributed by atoms with Crippen LogP contribution in [0.1, 0.15) is 39.5 Å². The fraction of sp³-hybridized carbons (Fsp3) is 0.800. The molecule has 1 fully saturated rings. The number of nitrogens with one attached hydrogen (secondary N) is 1. The van der Waals surface area contributed by atoms with Gasteiger partial charge in [0.25, 0.3) is 0 Å². The summed E-state index contributed by atoms with van der Waals surface area (Å²) in [4.78, 5) is 22.9. The number of amides is 1. The van der Waals surface area contributed by atoms with Gasteiger partial charge < -0.3 is 10.1 Å². The lowest BCUT2D eigenvalue weighted by Gasteiger charge is -2.34. The van der Waals surface area contributed by atoms with Gasteiger partial charge in [-0.3, -0.25) is 4.79 Å². The molecular weight excluding hydrogens is 182 g/mol. The number of hydrogen-bond acceptors (Lipinski definition) is 3. The Morgan fingerprint density at radius 2 is 2.29 bits per heavy atom. The number of carbonyl (C=O) groups excluding carboxylic acids is 2. The van der Waals surface area contributed by atoms with Gasteiger partial charge in [0.15, 0.2) is 0 Å². The summed E-state index contributed by atoms with van der Waals surface area (Å²) >= 11 is 0. The highest BCUT2D eigenvalue weighted by atomic mass is 16.5. The van der Waals surface area contributed by atoms with Crippen LogP contribution in [0.3, 0.4) is 0 Å². The van der Waals surface area contributed by atoms with Crippen LogP contribution in [0, 0.1) is 0 Å². The summed E-state index contributed by atoms with van der Waals surface area (Å²) in [6.45, 7) is 4.02. The summed E-state index contributed by atoms with van der Waals surface area (Å²) in [5, 5.41) is 2.75. The molecule has 1 saturated heterocycles. The van der Waals surface area contributed by atoms with E-state index in [1.165, 1.54) is 0 Å². The summed E-state index contributed by atoms with van der Waals surface area (Å²) in [7, 11) is 0. The van der Waals surface area contributed by atoms with Crippen molar-refractivity contribution in [2.45, 2.75) is 45.1 Å². The van der Waals surface area contributed by atoms with Crippen LogP contribution in [0.4, 0.5) is 0 Å².